The fourth-order valence-corrected chi connectivity index (χ4v) is 4.11. The third-order valence-corrected chi connectivity index (χ3v) is 6.12. The molecule has 0 spiro atoms. The molecule has 0 radical (unpaired) electrons. The number of aliphatic hydroxyl groups is 2. The van der Waals surface area contributed by atoms with Crippen LogP contribution in [0.2, 0.25) is 0 Å². The molecule has 31 heavy (non-hydrogen) atoms. The Kier molecular flexibility index (Phi) is 19.2. The van der Waals surface area contributed by atoms with Crippen molar-refractivity contribution in [1.29, 1.82) is 0 Å². The maximum absolute atomic E-state index is 12.3. The molecule has 2 atom stereocenters. The fraction of sp³-hybridized carbons (Fsp3) is 0.885. The van der Waals surface area contributed by atoms with E-state index >= 15 is 0 Å². The molecule has 0 aliphatic carbocycles. The Morgan fingerprint density at radius 3 is 1.90 bits per heavy atom. The van der Waals surface area contributed by atoms with E-state index < -0.39 is 6.10 Å². The molecule has 2 unspecified atom stereocenters. The fourth-order valence-electron chi connectivity index (χ4n) is 4.11. The van der Waals surface area contributed by atoms with Crippen molar-refractivity contribution >= 4 is 5.91 Å². The molecule has 0 aromatic carbocycles. The van der Waals surface area contributed by atoms with Gasteiger partial charge in [-0.1, -0.05) is 77.4 Å². The van der Waals surface area contributed by atoms with Gasteiger partial charge < -0.3 is 20.0 Å². The molecule has 0 aromatic rings. The molecular formula is C26H53N2O3+. The molecule has 0 fully saturated rings. The number of nitrogens with one attached hydrogen (secondary N) is 1. The van der Waals surface area contributed by atoms with Gasteiger partial charge in [0.2, 0.25) is 5.91 Å². The third kappa shape index (κ3) is 17.3. The maximum atomic E-state index is 12.3. The van der Waals surface area contributed by atoms with Gasteiger partial charge in [0.1, 0.15) is 12.6 Å². The summed E-state index contributed by atoms with van der Waals surface area (Å²) >= 11 is 0. The minimum atomic E-state index is -0.758. The van der Waals surface area contributed by atoms with Gasteiger partial charge in [-0.15, -0.1) is 0 Å². The molecule has 184 valence electrons. The van der Waals surface area contributed by atoms with Gasteiger partial charge in [0, 0.05) is 12.8 Å². The molecule has 1 amide bonds. The summed E-state index contributed by atoms with van der Waals surface area (Å²) in [6, 6.07) is 0. The van der Waals surface area contributed by atoms with Gasteiger partial charge in [-0.05, 0) is 32.1 Å². The number of likely N-dealkylation sites (N-methyl/N-ethyl adjacent to an activating group) is 1. The quantitative estimate of drug-likeness (QED) is 0.0979. The number of unbranched alkanes of at least 4 members (excludes halogenated alkanes) is 11. The van der Waals surface area contributed by atoms with Crippen LogP contribution in [0, 0.1) is 0 Å². The normalized spacial score (nSPS) is 14.1. The first kappa shape index (κ1) is 30.1. The largest absolute Gasteiger partial charge is 0.393 e. The Labute approximate surface area is 192 Å². The van der Waals surface area contributed by atoms with Crippen LogP contribution in [0.1, 0.15) is 110 Å². The van der Waals surface area contributed by atoms with Crippen molar-refractivity contribution in [3.05, 3.63) is 12.2 Å². The van der Waals surface area contributed by atoms with E-state index in [0.29, 0.717) is 17.4 Å². The molecule has 0 aliphatic heterocycles. The molecule has 0 bridgehead atoms. The highest BCUT2D eigenvalue weighted by Gasteiger charge is 2.30. The van der Waals surface area contributed by atoms with Crippen molar-refractivity contribution in [3.63, 3.8) is 0 Å². The van der Waals surface area contributed by atoms with E-state index in [4.69, 9.17) is 5.11 Å². The lowest BCUT2D eigenvalue weighted by molar-refractivity contribution is -0.920. The molecule has 0 saturated carbocycles. The van der Waals surface area contributed by atoms with E-state index in [-0.39, 0.29) is 18.7 Å². The summed E-state index contributed by atoms with van der Waals surface area (Å²) in [5, 5.41) is 21.9. The number of hydrogen-bond acceptors (Lipinski definition) is 3. The molecule has 0 aromatic heterocycles. The van der Waals surface area contributed by atoms with E-state index in [1.165, 1.54) is 70.6 Å². The SMILES string of the molecule is CCCCCCCCC=CCCCCCCCC(=O)NC(CC)[N+](C)(C)CC(O)CO. The summed E-state index contributed by atoms with van der Waals surface area (Å²) in [4.78, 5) is 12.3. The summed E-state index contributed by atoms with van der Waals surface area (Å²) in [7, 11) is 3.96. The van der Waals surface area contributed by atoms with Crippen LogP contribution in [0.5, 0.6) is 0 Å². The average molecular weight is 442 g/mol. The Morgan fingerprint density at radius 1 is 0.871 bits per heavy atom. The van der Waals surface area contributed by atoms with E-state index in [1.54, 1.807) is 0 Å². The molecular weight excluding hydrogens is 388 g/mol. The molecule has 0 rings (SSSR count). The standard InChI is InChI=1S/C26H52N2O3/c1-5-7-8-9-10-11-12-13-14-15-16-17-18-19-20-21-26(31)27-25(6-2)28(3,4)22-24(30)23-29/h13-14,24-25,29-30H,5-12,15-23H2,1-4H3/p+1. The number of aliphatic hydroxyl groups excluding tert-OH is 2. The zero-order valence-corrected chi connectivity index (χ0v) is 21.1. The van der Waals surface area contributed by atoms with E-state index in [0.717, 1.165) is 19.3 Å². The second-order valence-corrected chi connectivity index (χ2v) is 9.62. The highest BCUT2D eigenvalue weighted by atomic mass is 16.3. The number of allylic oxidation sites excluding steroid dienone is 2. The number of quaternary nitrogens is 1. The number of carbonyl (C=O) groups excluding carboxylic acids is 1. The lowest BCUT2D eigenvalue weighted by Gasteiger charge is -2.39. The average Bonchev–Trinajstić information content (AvgIpc) is 2.74. The highest BCUT2D eigenvalue weighted by Crippen LogP contribution is 2.12. The lowest BCUT2D eigenvalue weighted by Crippen LogP contribution is -2.60. The van der Waals surface area contributed by atoms with Crippen molar-refractivity contribution in [2.24, 2.45) is 0 Å². The maximum Gasteiger partial charge on any atom is 0.224 e. The van der Waals surface area contributed by atoms with Gasteiger partial charge in [-0.3, -0.25) is 4.79 Å². The lowest BCUT2D eigenvalue weighted by atomic mass is 10.1. The summed E-state index contributed by atoms with van der Waals surface area (Å²) in [5.74, 6) is 0.0918. The first-order valence-electron chi connectivity index (χ1n) is 12.9. The molecule has 3 N–H and O–H groups in total. The predicted octanol–water partition coefficient (Wildman–Crippen LogP) is 5.31. The van der Waals surface area contributed by atoms with Crippen molar-refractivity contribution in [1.82, 2.24) is 5.32 Å². The van der Waals surface area contributed by atoms with Gasteiger partial charge in [0.15, 0.2) is 6.17 Å². The van der Waals surface area contributed by atoms with Crippen LogP contribution in [0.25, 0.3) is 0 Å². The Morgan fingerprint density at radius 2 is 1.39 bits per heavy atom. The number of carbonyl (C=O) groups is 1. The molecule has 0 heterocycles. The van der Waals surface area contributed by atoms with E-state index in [2.05, 4.69) is 24.4 Å². The van der Waals surface area contributed by atoms with Crippen LogP contribution in [0.3, 0.4) is 0 Å². The topological polar surface area (TPSA) is 69.6 Å². The van der Waals surface area contributed by atoms with Crippen molar-refractivity contribution in [3.8, 4) is 0 Å². The van der Waals surface area contributed by atoms with Gasteiger partial charge in [-0.25, -0.2) is 0 Å². The Balaban J connectivity index is 3.71. The highest BCUT2D eigenvalue weighted by molar-refractivity contribution is 5.75. The van der Waals surface area contributed by atoms with Gasteiger partial charge in [0.25, 0.3) is 0 Å². The van der Waals surface area contributed by atoms with E-state index in [1.807, 2.05) is 21.0 Å². The van der Waals surface area contributed by atoms with Crippen LogP contribution >= 0.6 is 0 Å². The van der Waals surface area contributed by atoms with Crippen LogP contribution in [-0.4, -0.2) is 60.1 Å². The zero-order valence-electron chi connectivity index (χ0n) is 21.1. The monoisotopic (exact) mass is 441 g/mol. The predicted molar refractivity (Wildman–Crippen MR) is 132 cm³/mol. The summed E-state index contributed by atoms with van der Waals surface area (Å²) in [6.07, 6.45) is 21.6. The van der Waals surface area contributed by atoms with Crippen LogP contribution in [0.15, 0.2) is 12.2 Å². The van der Waals surface area contributed by atoms with Gasteiger partial charge >= 0.3 is 0 Å². The summed E-state index contributed by atoms with van der Waals surface area (Å²) in [6.45, 7) is 4.47. The Hall–Kier alpha value is -0.910. The third-order valence-electron chi connectivity index (χ3n) is 6.12. The second kappa shape index (κ2) is 19.8. The minimum Gasteiger partial charge on any atom is -0.393 e. The number of rotatable bonds is 21. The number of amides is 1. The first-order chi connectivity index (χ1) is 14.9. The Bertz CT molecular complexity index is 452. The van der Waals surface area contributed by atoms with Gasteiger partial charge in [-0.2, -0.15) is 0 Å². The number of nitrogens with zero attached hydrogens (tertiary/aromatic N) is 1. The van der Waals surface area contributed by atoms with Crippen LogP contribution in [-0.2, 0) is 4.79 Å². The molecule has 5 nitrogen and oxygen atoms in total. The van der Waals surface area contributed by atoms with Crippen molar-refractivity contribution in [2.45, 2.75) is 122 Å². The van der Waals surface area contributed by atoms with Crippen molar-refractivity contribution in [2.75, 3.05) is 27.2 Å². The molecule has 5 heteroatoms. The van der Waals surface area contributed by atoms with Crippen LogP contribution < -0.4 is 5.32 Å². The smallest absolute Gasteiger partial charge is 0.224 e. The minimum absolute atomic E-state index is 0.0446. The van der Waals surface area contributed by atoms with Gasteiger partial charge in [0.05, 0.1) is 20.7 Å². The van der Waals surface area contributed by atoms with Crippen molar-refractivity contribution < 1.29 is 19.5 Å². The van der Waals surface area contributed by atoms with Crippen LogP contribution in [0.4, 0.5) is 0 Å². The zero-order chi connectivity index (χ0) is 23.4. The number of hydrogen-bond donors (Lipinski definition) is 3. The summed E-state index contributed by atoms with van der Waals surface area (Å²) < 4.78 is 0.469. The first-order valence-corrected chi connectivity index (χ1v) is 12.9. The molecule has 0 saturated heterocycles. The van der Waals surface area contributed by atoms with E-state index in [9.17, 15) is 9.90 Å². The summed E-state index contributed by atoms with van der Waals surface area (Å²) in [5.41, 5.74) is 0. The second-order valence-electron chi connectivity index (χ2n) is 9.62. The molecule has 0 aliphatic rings.